The predicted molar refractivity (Wildman–Crippen MR) is 90.0 cm³/mol. The molecule has 2 rings (SSSR count). The molecule has 1 aromatic rings. The maximum atomic E-state index is 6.25. The number of anilines is 1. The van der Waals surface area contributed by atoms with E-state index < -0.39 is 0 Å². The smallest absolute Gasteiger partial charge is 0.120 e. The van der Waals surface area contributed by atoms with Crippen molar-refractivity contribution in [3.63, 3.8) is 0 Å². The van der Waals surface area contributed by atoms with Crippen LogP contribution in [0.5, 0.6) is 5.75 Å². The second kappa shape index (κ2) is 5.88. The first-order valence-electron chi connectivity index (χ1n) is 7.92. The molecule has 1 fully saturated rings. The van der Waals surface area contributed by atoms with Gasteiger partial charge in [-0.05, 0) is 42.7 Å². The zero-order valence-corrected chi connectivity index (χ0v) is 14.1. The van der Waals surface area contributed by atoms with E-state index >= 15 is 0 Å². The van der Waals surface area contributed by atoms with E-state index in [4.69, 9.17) is 10.5 Å². The summed E-state index contributed by atoms with van der Waals surface area (Å²) in [6, 6.07) is 8.28. The number of hydrogen-bond acceptors (Lipinski definition) is 3. The highest BCUT2D eigenvalue weighted by atomic mass is 16.5. The van der Waals surface area contributed by atoms with Crippen LogP contribution in [0, 0.1) is 11.3 Å². The Labute approximate surface area is 129 Å². The van der Waals surface area contributed by atoms with E-state index in [1.807, 2.05) is 12.1 Å². The van der Waals surface area contributed by atoms with E-state index in [9.17, 15) is 0 Å². The Bertz CT molecular complexity index is 486. The summed E-state index contributed by atoms with van der Waals surface area (Å²) in [7, 11) is 3.89. The predicted octanol–water partition coefficient (Wildman–Crippen LogP) is 3.68. The highest BCUT2D eigenvalue weighted by molar-refractivity contribution is 5.53. The van der Waals surface area contributed by atoms with Crippen LogP contribution in [0.15, 0.2) is 24.3 Å². The van der Waals surface area contributed by atoms with E-state index in [0.717, 1.165) is 12.2 Å². The van der Waals surface area contributed by atoms with Crippen molar-refractivity contribution >= 4 is 5.69 Å². The van der Waals surface area contributed by atoms with E-state index in [1.165, 1.54) is 18.5 Å². The van der Waals surface area contributed by atoms with Gasteiger partial charge in [-0.3, -0.25) is 0 Å². The molecule has 3 heteroatoms. The third-order valence-corrected chi connectivity index (χ3v) is 5.47. The minimum atomic E-state index is 0.0435. The molecule has 1 aliphatic rings. The molecule has 0 amide bonds. The lowest BCUT2D eigenvalue weighted by atomic mass is 9.63. The van der Waals surface area contributed by atoms with Gasteiger partial charge < -0.3 is 15.4 Å². The van der Waals surface area contributed by atoms with Crippen LogP contribution < -0.4 is 15.4 Å². The summed E-state index contributed by atoms with van der Waals surface area (Å²) in [5.74, 6) is 1.47. The Morgan fingerprint density at radius 3 is 2.62 bits per heavy atom. The number of ether oxygens (including phenoxy) is 1. The fourth-order valence-corrected chi connectivity index (χ4v) is 3.94. The lowest BCUT2D eigenvalue weighted by Gasteiger charge is -2.53. The largest absolute Gasteiger partial charge is 0.497 e. The van der Waals surface area contributed by atoms with E-state index in [-0.39, 0.29) is 5.54 Å². The van der Waals surface area contributed by atoms with Crippen LogP contribution in [0.2, 0.25) is 0 Å². The molecule has 0 aromatic heterocycles. The number of methoxy groups -OCH3 is 1. The van der Waals surface area contributed by atoms with Gasteiger partial charge in [-0.1, -0.05) is 26.8 Å². The first-order chi connectivity index (χ1) is 9.84. The number of nitrogens with zero attached hydrogens (tertiary/aromatic N) is 1. The Balaban J connectivity index is 2.31. The van der Waals surface area contributed by atoms with Crippen molar-refractivity contribution in [2.24, 2.45) is 17.1 Å². The molecule has 0 saturated heterocycles. The van der Waals surface area contributed by atoms with Crippen molar-refractivity contribution in [1.29, 1.82) is 0 Å². The lowest BCUT2D eigenvalue weighted by molar-refractivity contribution is 0.103. The van der Waals surface area contributed by atoms with Crippen molar-refractivity contribution < 1.29 is 4.74 Å². The van der Waals surface area contributed by atoms with Crippen LogP contribution in [0.4, 0.5) is 5.69 Å². The molecule has 3 nitrogen and oxygen atoms in total. The normalized spacial score (nSPS) is 28.2. The molecular weight excluding hydrogens is 260 g/mol. The molecule has 0 heterocycles. The number of nitrogens with two attached hydrogens (primary N) is 1. The molecule has 1 aromatic carbocycles. The average Bonchev–Trinajstić information content (AvgIpc) is 2.47. The van der Waals surface area contributed by atoms with Crippen molar-refractivity contribution in [3.05, 3.63) is 24.3 Å². The number of hydrogen-bond donors (Lipinski definition) is 1. The summed E-state index contributed by atoms with van der Waals surface area (Å²) >= 11 is 0. The van der Waals surface area contributed by atoms with Gasteiger partial charge in [-0.2, -0.15) is 0 Å². The third kappa shape index (κ3) is 3.03. The number of likely N-dealkylation sites (N-methyl/N-ethyl adjacent to an activating group) is 1. The van der Waals surface area contributed by atoms with Gasteiger partial charge in [0.25, 0.3) is 0 Å². The summed E-state index contributed by atoms with van der Waals surface area (Å²) in [6.45, 7) is 7.79. The first-order valence-corrected chi connectivity index (χ1v) is 7.92. The Morgan fingerprint density at radius 1 is 1.33 bits per heavy atom. The zero-order valence-electron chi connectivity index (χ0n) is 14.1. The van der Waals surface area contributed by atoms with Crippen molar-refractivity contribution in [1.82, 2.24) is 0 Å². The average molecular weight is 290 g/mol. The highest BCUT2D eigenvalue weighted by Gasteiger charge is 2.45. The van der Waals surface area contributed by atoms with E-state index in [0.29, 0.717) is 17.9 Å². The topological polar surface area (TPSA) is 38.5 Å². The Kier molecular flexibility index (Phi) is 4.52. The molecule has 0 aliphatic heterocycles. The van der Waals surface area contributed by atoms with Gasteiger partial charge in [0.1, 0.15) is 5.75 Å². The summed E-state index contributed by atoms with van der Waals surface area (Å²) in [5, 5.41) is 0. The molecule has 1 aliphatic carbocycles. The lowest BCUT2D eigenvalue weighted by Crippen LogP contribution is -2.60. The van der Waals surface area contributed by atoms with E-state index in [1.54, 1.807) is 7.11 Å². The molecule has 21 heavy (non-hydrogen) atoms. The summed E-state index contributed by atoms with van der Waals surface area (Å²) in [5.41, 5.74) is 7.91. The van der Waals surface area contributed by atoms with Crippen molar-refractivity contribution in [2.75, 3.05) is 25.6 Å². The standard InChI is InChI=1S/C18H30N2O/c1-14-12-17(2,3)9-10-18(14,13-19)20(4)15-7-6-8-16(11-15)21-5/h6-8,11,14H,9-10,12-13,19H2,1-5H3. The summed E-state index contributed by atoms with van der Waals surface area (Å²) in [4.78, 5) is 2.38. The van der Waals surface area contributed by atoms with Crippen LogP contribution in [-0.4, -0.2) is 26.2 Å². The van der Waals surface area contributed by atoms with Gasteiger partial charge in [0, 0.05) is 25.3 Å². The van der Waals surface area contributed by atoms with Crippen molar-refractivity contribution in [2.45, 2.75) is 45.6 Å². The fraction of sp³-hybridized carbons (Fsp3) is 0.667. The molecule has 2 atom stereocenters. The van der Waals surface area contributed by atoms with Gasteiger partial charge in [0.05, 0.1) is 12.6 Å². The van der Waals surface area contributed by atoms with Crippen LogP contribution in [0.1, 0.15) is 40.0 Å². The van der Waals surface area contributed by atoms with Crippen LogP contribution in [0.25, 0.3) is 0 Å². The molecule has 1 saturated carbocycles. The number of benzene rings is 1. The van der Waals surface area contributed by atoms with Gasteiger partial charge >= 0.3 is 0 Å². The van der Waals surface area contributed by atoms with Crippen LogP contribution in [0.3, 0.4) is 0 Å². The molecule has 0 spiro atoms. The number of rotatable bonds is 4. The maximum Gasteiger partial charge on any atom is 0.120 e. The molecule has 2 unspecified atom stereocenters. The monoisotopic (exact) mass is 290 g/mol. The minimum absolute atomic E-state index is 0.0435. The van der Waals surface area contributed by atoms with Crippen LogP contribution >= 0.6 is 0 Å². The van der Waals surface area contributed by atoms with Gasteiger partial charge in [0.2, 0.25) is 0 Å². The molecular formula is C18H30N2O. The van der Waals surface area contributed by atoms with Gasteiger partial charge in [0.15, 0.2) is 0 Å². The van der Waals surface area contributed by atoms with Crippen LogP contribution in [-0.2, 0) is 0 Å². The SMILES string of the molecule is COc1cccc(N(C)C2(CN)CCC(C)(C)CC2C)c1. The third-order valence-electron chi connectivity index (χ3n) is 5.47. The second-order valence-corrected chi connectivity index (χ2v) is 7.34. The second-order valence-electron chi connectivity index (χ2n) is 7.34. The fourth-order valence-electron chi connectivity index (χ4n) is 3.94. The molecule has 118 valence electrons. The zero-order chi connectivity index (χ0) is 15.7. The highest BCUT2D eigenvalue weighted by Crippen LogP contribution is 2.47. The van der Waals surface area contributed by atoms with Gasteiger partial charge in [-0.25, -0.2) is 0 Å². The summed E-state index contributed by atoms with van der Waals surface area (Å²) in [6.07, 6.45) is 3.59. The van der Waals surface area contributed by atoms with E-state index in [2.05, 4.69) is 44.9 Å². The first kappa shape index (κ1) is 16.2. The van der Waals surface area contributed by atoms with Gasteiger partial charge in [-0.15, -0.1) is 0 Å². The maximum absolute atomic E-state index is 6.25. The quantitative estimate of drug-likeness (QED) is 0.919. The minimum Gasteiger partial charge on any atom is -0.497 e. The molecule has 0 bridgehead atoms. The summed E-state index contributed by atoms with van der Waals surface area (Å²) < 4.78 is 5.36. The Hall–Kier alpha value is -1.22. The van der Waals surface area contributed by atoms with Crippen molar-refractivity contribution in [3.8, 4) is 5.75 Å². The molecule has 2 N–H and O–H groups in total. The molecule has 0 radical (unpaired) electrons. The Morgan fingerprint density at radius 2 is 2.05 bits per heavy atom.